The van der Waals surface area contributed by atoms with E-state index in [1.807, 2.05) is 26.0 Å². The van der Waals surface area contributed by atoms with E-state index in [2.05, 4.69) is 11.8 Å². The molecule has 0 atom stereocenters. The van der Waals surface area contributed by atoms with Gasteiger partial charge < -0.3 is 14.4 Å². The zero-order valence-electron chi connectivity index (χ0n) is 12.0. The molecule has 0 fully saturated rings. The minimum absolute atomic E-state index is 0.592. The summed E-state index contributed by atoms with van der Waals surface area (Å²) in [6.45, 7) is 7.96. The summed E-state index contributed by atoms with van der Waals surface area (Å²) in [5.41, 5.74) is 1.07. The van der Waals surface area contributed by atoms with Gasteiger partial charge in [-0.2, -0.15) is 0 Å². The summed E-state index contributed by atoms with van der Waals surface area (Å²) in [7, 11) is 0. The SMILES string of the molecule is CCOc1cc2c(cc1OCC)N(CC)/C(=C\C=O)S2. The van der Waals surface area contributed by atoms with Crippen molar-refractivity contribution in [2.45, 2.75) is 25.7 Å². The molecule has 0 unspecified atom stereocenters. The van der Waals surface area contributed by atoms with Crippen LogP contribution in [0.2, 0.25) is 0 Å². The highest BCUT2D eigenvalue weighted by molar-refractivity contribution is 8.03. The summed E-state index contributed by atoms with van der Waals surface area (Å²) in [6.07, 6.45) is 2.42. The van der Waals surface area contributed by atoms with Crippen LogP contribution in [0.25, 0.3) is 0 Å². The highest BCUT2D eigenvalue weighted by atomic mass is 32.2. The average molecular weight is 293 g/mol. The minimum atomic E-state index is 0.592. The topological polar surface area (TPSA) is 38.8 Å². The third kappa shape index (κ3) is 2.77. The van der Waals surface area contributed by atoms with Gasteiger partial charge >= 0.3 is 0 Å². The molecule has 1 aromatic carbocycles. The number of rotatable bonds is 6. The van der Waals surface area contributed by atoms with Crippen molar-refractivity contribution < 1.29 is 14.3 Å². The molecular formula is C15H19NO3S. The maximum Gasteiger partial charge on any atom is 0.163 e. The fourth-order valence-corrected chi connectivity index (χ4v) is 3.28. The van der Waals surface area contributed by atoms with Crippen molar-refractivity contribution in [2.75, 3.05) is 24.7 Å². The zero-order chi connectivity index (χ0) is 14.5. The molecule has 0 bridgehead atoms. The van der Waals surface area contributed by atoms with E-state index in [0.29, 0.717) is 13.2 Å². The first-order chi connectivity index (χ1) is 9.74. The molecule has 0 aromatic heterocycles. The van der Waals surface area contributed by atoms with Gasteiger partial charge in [-0.15, -0.1) is 0 Å². The zero-order valence-corrected chi connectivity index (χ0v) is 12.8. The average Bonchev–Trinajstić information content (AvgIpc) is 2.76. The fraction of sp³-hybridized carbons (Fsp3) is 0.400. The Morgan fingerprint density at radius 2 is 1.80 bits per heavy atom. The van der Waals surface area contributed by atoms with Gasteiger partial charge in [-0.1, -0.05) is 11.8 Å². The molecule has 1 aliphatic heterocycles. The van der Waals surface area contributed by atoms with E-state index in [4.69, 9.17) is 9.47 Å². The van der Waals surface area contributed by atoms with E-state index in [9.17, 15) is 4.79 Å². The smallest absolute Gasteiger partial charge is 0.163 e. The van der Waals surface area contributed by atoms with Crippen LogP contribution in [0.15, 0.2) is 28.1 Å². The molecule has 20 heavy (non-hydrogen) atoms. The second-order valence-electron chi connectivity index (χ2n) is 4.12. The lowest BCUT2D eigenvalue weighted by molar-refractivity contribution is -0.104. The molecule has 0 N–H and O–H groups in total. The maximum atomic E-state index is 10.7. The molecular weight excluding hydrogens is 274 g/mol. The van der Waals surface area contributed by atoms with Gasteiger partial charge in [0.05, 0.1) is 23.9 Å². The van der Waals surface area contributed by atoms with Crippen LogP contribution in [0.4, 0.5) is 5.69 Å². The second-order valence-corrected chi connectivity index (χ2v) is 5.18. The predicted molar refractivity (Wildman–Crippen MR) is 81.8 cm³/mol. The molecule has 5 heteroatoms. The van der Waals surface area contributed by atoms with Gasteiger partial charge in [-0.3, -0.25) is 4.79 Å². The van der Waals surface area contributed by atoms with Gasteiger partial charge in [0.2, 0.25) is 0 Å². The van der Waals surface area contributed by atoms with E-state index in [-0.39, 0.29) is 0 Å². The standard InChI is InChI=1S/C15H19NO3S/c1-4-16-11-9-12(18-5-2)13(19-6-3)10-14(11)20-15(16)7-8-17/h7-10H,4-6H2,1-3H3/b15-7+. The maximum absolute atomic E-state index is 10.7. The Morgan fingerprint density at radius 1 is 1.15 bits per heavy atom. The highest BCUT2D eigenvalue weighted by Gasteiger charge is 2.26. The monoisotopic (exact) mass is 293 g/mol. The number of hydrogen-bond donors (Lipinski definition) is 0. The van der Waals surface area contributed by atoms with E-state index in [1.54, 1.807) is 17.8 Å². The first kappa shape index (κ1) is 14.8. The Bertz CT molecular complexity index is 528. The van der Waals surface area contributed by atoms with Crippen LogP contribution in [-0.4, -0.2) is 26.0 Å². The molecule has 0 spiro atoms. The van der Waals surface area contributed by atoms with Crippen molar-refractivity contribution in [1.82, 2.24) is 0 Å². The van der Waals surface area contributed by atoms with Crippen molar-refractivity contribution in [3.8, 4) is 11.5 Å². The number of allylic oxidation sites excluding steroid dienone is 1. The number of benzene rings is 1. The normalized spacial score (nSPS) is 15.3. The molecule has 0 saturated heterocycles. The van der Waals surface area contributed by atoms with Crippen molar-refractivity contribution in [3.63, 3.8) is 0 Å². The molecule has 4 nitrogen and oxygen atoms in total. The minimum Gasteiger partial charge on any atom is -0.490 e. The van der Waals surface area contributed by atoms with Crippen LogP contribution in [0, 0.1) is 0 Å². The van der Waals surface area contributed by atoms with E-state index in [1.165, 1.54) is 0 Å². The third-order valence-corrected chi connectivity index (χ3v) is 4.04. The number of hydrogen-bond acceptors (Lipinski definition) is 5. The van der Waals surface area contributed by atoms with Crippen molar-refractivity contribution in [3.05, 3.63) is 23.2 Å². The third-order valence-electron chi connectivity index (χ3n) is 2.92. The Labute approximate surface area is 123 Å². The van der Waals surface area contributed by atoms with E-state index < -0.39 is 0 Å². The molecule has 0 saturated carbocycles. The number of carbonyl (C=O) groups is 1. The molecule has 1 aliphatic rings. The lowest BCUT2D eigenvalue weighted by atomic mass is 10.2. The van der Waals surface area contributed by atoms with Crippen LogP contribution in [0.1, 0.15) is 20.8 Å². The first-order valence-electron chi connectivity index (χ1n) is 6.79. The summed E-state index contributed by atoms with van der Waals surface area (Å²) in [5.74, 6) is 1.50. The van der Waals surface area contributed by atoms with Crippen molar-refractivity contribution in [2.24, 2.45) is 0 Å². The summed E-state index contributed by atoms with van der Waals surface area (Å²) < 4.78 is 11.3. The van der Waals surface area contributed by atoms with Crippen LogP contribution in [0.3, 0.4) is 0 Å². The van der Waals surface area contributed by atoms with Crippen LogP contribution in [-0.2, 0) is 4.79 Å². The van der Waals surface area contributed by atoms with Gasteiger partial charge in [0.1, 0.15) is 6.29 Å². The lowest BCUT2D eigenvalue weighted by Crippen LogP contribution is -2.16. The van der Waals surface area contributed by atoms with Gasteiger partial charge in [-0.05, 0) is 20.8 Å². The Morgan fingerprint density at radius 3 is 2.35 bits per heavy atom. The summed E-state index contributed by atoms with van der Waals surface area (Å²) in [5, 5.41) is 0.939. The molecule has 1 heterocycles. The number of carbonyl (C=O) groups excluding carboxylic acids is 1. The lowest BCUT2D eigenvalue weighted by Gasteiger charge is -2.19. The molecule has 2 rings (SSSR count). The molecule has 1 aromatic rings. The second kappa shape index (κ2) is 6.70. The Kier molecular flexibility index (Phi) is 4.95. The number of aldehydes is 1. The number of nitrogens with zero attached hydrogens (tertiary/aromatic N) is 1. The van der Waals surface area contributed by atoms with E-state index >= 15 is 0 Å². The van der Waals surface area contributed by atoms with Crippen LogP contribution >= 0.6 is 11.8 Å². The number of thioether (sulfide) groups is 1. The van der Waals surface area contributed by atoms with Crippen molar-refractivity contribution in [1.29, 1.82) is 0 Å². The van der Waals surface area contributed by atoms with Crippen LogP contribution < -0.4 is 14.4 Å². The fourth-order valence-electron chi connectivity index (χ4n) is 2.15. The quantitative estimate of drug-likeness (QED) is 0.593. The van der Waals surface area contributed by atoms with Crippen LogP contribution in [0.5, 0.6) is 11.5 Å². The summed E-state index contributed by atoms with van der Waals surface area (Å²) >= 11 is 1.58. The Hall–Kier alpha value is -1.62. The largest absolute Gasteiger partial charge is 0.490 e. The number of fused-ring (bicyclic) bond motifs is 1. The van der Waals surface area contributed by atoms with Gasteiger partial charge in [0, 0.05) is 29.6 Å². The van der Waals surface area contributed by atoms with Crippen molar-refractivity contribution >= 4 is 23.7 Å². The molecule has 0 aliphatic carbocycles. The first-order valence-corrected chi connectivity index (χ1v) is 7.61. The number of anilines is 1. The predicted octanol–water partition coefficient (Wildman–Crippen LogP) is 3.46. The Balaban J connectivity index is 2.45. The molecule has 108 valence electrons. The summed E-state index contributed by atoms with van der Waals surface area (Å²) in [6, 6.07) is 3.98. The van der Waals surface area contributed by atoms with E-state index in [0.717, 1.165) is 39.9 Å². The highest BCUT2D eigenvalue weighted by Crippen LogP contribution is 2.50. The van der Waals surface area contributed by atoms with Gasteiger partial charge in [0.15, 0.2) is 11.5 Å². The molecule has 0 amide bonds. The van der Waals surface area contributed by atoms with Gasteiger partial charge in [0.25, 0.3) is 0 Å². The summed E-state index contributed by atoms with van der Waals surface area (Å²) in [4.78, 5) is 13.9. The number of ether oxygens (including phenoxy) is 2. The molecule has 0 radical (unpaired) electrons. The van der Waals surface area contributed by atoms with Gasteiger partial charge in [-0.25, -0.2) is 0 Å².